The van der Waals surface area contributed by atoms with Crippen LogP contribution in [0, 0.1) is 11.8 Å². The van der Waals surface area contributed by atoms with Crippen molar-refractivity contribution in [3.63, 3.8) is 0 Å². The van der Waals surface area contributed by atoms with Crippen molar-refractivity contribution in [2.75, 3.05) is 9.80 Å². The van der Waals surface area contributed by atoms with Gasteiger partial charge in [0.05, 0.1) is 11.5 Å². The highest BCUT2D eigenvalue weighted by atomic mass is 32.1. The van der Waals surface area contributed by atoms with Gasteiger partial charge in [-0.1, -0.05) is 408 Å². The van der Waals surface area contributed by atoms with Crippen LogP contribution in [0.3, 0.4) is 0 Å². The van der Waals surface area contributed by atoms with Gasteiger partial charge in [0.2, 0.25) is 0 Å². The Kier molecular flexibility index (Phi) is 20.4. The van der Waals surface area contributed by atoms with Crippen LogP contribution in [-0.4, -0.2) is 6.04 Å². The highest BCUT2D eigenvalue weighted by Gasteiger charge is 2.47. The van der Waals surface area contributed by atoms with Gasteiger partial charge in [-0.25, -0.2) is 0 Å². The Bertz CT molecular complexity index is 8470. The van der Waals surface area contributed by atoms with E-state index in [0.29, 0.717) is 5.92 Å². The molecule has 25 rings (SSSR count). The summed E-state index contributed by atoms with van der Waals surface area (Å²) in [4.78, 5) is 4.97. The first-order valence-electron chi connectivity index (χ1n) is 47.1. The first-order valence-corrected chi connectivity index (χ1v) is 48.7. The molecule has 4 unspecified atom stereocenters. The summed E-state index contributed by atoms with van der Waals surface area (Å²) in [5, 5.41) is 10.2. The molecule has 2 nitrogen and oxygen atoms in total. The van der Waals surface area contributed by atoms with Gasteiger partial charge in [-0.05, 0) is 276 Å². The van der Waals surface area contributed by atoms with Crippen molar-refractivity contribution in [2.24, 2.45) is 11.8 Å². The molecule has 0 aliphatic heterocycles. The Morgan fingerprint density at radius 3 is 1.33 bits per heavy atom. The molecule has 0 saturated carbocycles. The lowest BCUT2D eigenvalue weighted by Gasteiger charge is -2.37. The molecule has 22 aromatic rings. The lowest BCUT2D eigenvalue weighted by molar-refractivity contribution is 0.611. The molecule has 0 saturated heterocycles. The number of allylic oxidation sites excluding steroid dienone is 6. The topological polar surface area (TPSA) is 6.48 Å². The van der Waals surface area contributed by atoms with E-state index in [-0.39, 0.29) is 17.9 Å². The lowest BCUT2D eigenvalue weighted by Crippen LogP contribution is -2.35. The van der Waals surface area contributed by atoms with Gasteiger partial charge in [-0.15, -0.1) is 22.7 Å². The maximum atomic E-state index is 2.56. The molecule has 2 heterocycles. The van der Waals surface area contributed by atoms with Gasteiger partial charge in [0, 0.05) is 74.7 Å². The molecule has 3 aliphatic carbocycles. The second-order valence-corrected chi connectivity index (χ2v) is 38.8. The van der Waals surface area contributed by atoms with E-state index in [4.69, 9.17) is 0 Å². The minimum Gasteiger partial charge on any atom is -0.334 e. The summed E-state index contributed by atoms with van der Waals surface area (Å²) in [6.45, 7) is 4.74. The fourth-order valence-electron chi connectivity index (χ4n) is 21.9. The van der Waals surface area contributed by atoms with Gasteiger partial charge in [0.25, 0.3) is 0 Å². The van der Waals surface area contributed by atoms with Crippen molar-refractivity contribution < 1.29 is 0 Å². The lowest BCUT2D eigenvalue weighted by atomic mass is 9.67. The Hall–Kier alpha value is -16.1. The maximum absolute atomic E-state index is 2.56. The smallest absolute Gasteiger partial charge is 0.0713 e. The van der Waals surface area contributed by atoms with Gasteiger partial charge < -0.3 is 9.80 Å². The van der Waals surface area contributed by atoms with E-state index in [1.807, 2.05) is 22.7 Å². The third kappa shape index (κ3) is 14.6. The van der Waals surface area contributed by atoms with E-state index in [1.165, 1.54) is 195 Å². The second kappa shape index (κ2) is 33.9. The quantitative estimate of drug-likeness (QED) is 0.0845. The standard InChI is InChI=1S/C131H92N2S2/c1-85-43-44-101(89-55-67-112(68-56-89)133(113-34-21-29-105(80-113)115-36-15-14-35-114(115)91-24-6-3-7-25-91)125-74-62-96(75-86(125)2)103-60-72-118-117-37-17-19-42-126(117)134-127(118)83-103)81-122(85)106-50-49-98-78-99(47-48-100(98)79-106)104-61-73-120-119-71-59-102(82-128(119)135-129(120)84-104)90-53-65-110(66-54-90)132(109-63-51-88(52-64-109)94-27-20-28-95(76-94)97-46-45-87-23-12-13-26-93(87)77-97)111-69-57-92(58-70-111)116-39-22-41-124-130(116)121-38-16-18-40-123(121)131(124,107-30-8-4-9-31-107)108-32-10-5-11-33-108/h3-86,122,125H,1-2H3. The Balaban J connectivity index is 0.489. The summed E-state index contributed by atoms with van der Waals surface area (Å²) in [5.41, 5.74) is 35.8. The van der Waals surface area contributed by atoms with Crippen LogP contribution in [0.2, 0.25) is 0 Å². The molecule has 0 bridgehead atoms. The van der Waals surface area contributed by atoms with Gasteiger partial charge in [0.1, 0.15) is 0 Å². The zero-order chi connectivity index (χ0) is 89.6. The molecule has 638 valence electrons. The molecule has 20 aromatic carbocycles. The summed E-state index contributed by atoms with van der Waals surface area (Å²) in [6, 6.07) is 172. The van der Waals surface area contributed by atoms with Crippen LogP contribution in [0.4, 0.5) is 28.4 Å². The van der Waals surface area contributed by atoms with Crippen LogP contribution >= 0.6 is 22.7 Å². The van der Waals surface area contributed by atoms with Gasteiger partial charge in [0.15, 0.2) is 0 Å². The van der Waals surface area contributed by atoms with Crippen LogP contribution in [0.25, 0.3) is 162 Å². The van der Waals surface area contributed by atoms with Gasteiger partial charge >= 0.3 is 0 Å². The van der Waals surface area contributed by atoms with Gasteiger partial charge in [-0.2, -0.15) is 0 Å². The second-order valence-electron chi connectivity index (χ2n) is 36.6. The van der Waals surface area contributed by atoms with Crippen LogP contribution in [0.5, 0.6) is 0 Å². The van der Waals surface area contributed by atoms with E-state index in [1.54, 1.807) is 0 Å². The molecule has 0 spiro atoms. The first kappa shape index (κ1) is 81.0. The van der Waals surface area contributed by atoms with E-state index in [0.717, 1.165) is 34.0 Å². The van der Waals surface area contributed by atoms with E-state index < -0.39 is 5.41 Å². The molecule has 2 aromatic heterocycles. The third-order valence-corrected chi connectivity index (χ3v) is 31.0. The largest absolute Gasteiger partial charge is 0.334 e. The molecule has 0 amide bonds. The van der Waals surface area contributed by atoms with Crippen LogP contribution < -0.4 is 9.80 Å². The highest BCUT2D eigenvalue weighted by molar-refractivity contribution is 7.26. The average molecular weight is 1760 g/mol. The van der Waals surface area contributed by atoms with E-state index in [2.05, 4.69) is 521 Å². The minimum absolute atomic E-state index is 0.0530. The molecule has 0 fully saturated rings. The highest BCUT2D eigenvalue weighted by Crippen LogP contribution is 2.59. The normalized spacial score (nSPS) is 15.4. The number of anilines is 5. The number of rotatable bonds is 18. The fraction of sp³-hybridized carbons (Fsp3) is 0.0534. The van der Waals surface area contributed by atoms with Gasteiger partial charge in [-0.3, -0.25) is 0 Å². The summed E-state index contributed by atoms with van der Waals surface area (Å²) in [7, 11) is 0. The average Bonchev–Trinajstić information content (AvgIpc) is 1.53. The van der Waals surface area contributed by atoms with Crippen molar-refractivity contribution in [3.8, 4) is 89.0 Å². The molecular weight excluding hydrogens is 1670 g/mol. The zero-order valence-electron chi connectivity index (χ0n) is 74.9. The predicted molar refractivity (Wildman–Crippen MR) is 578 cm³/mol. The number of hydrogen-bond acceptors (Lipinski definition) is 4. The van der Waals surface area contributed by atoms with Crippen molar-refractivity contribution in [1.29, 1.82) is 0 Å². The number of benzene rings is 20. The summed E-state index contributed by atoms with van der Waals surface area (Å²) < 4.78 is 5.21. The Morgan fingerprint density at radius 1 is 0.237 bits per heavy atom. The summed E-state index contributed by atoms with van der Waals surface area (Å²) >= 11 is 3.76. The minimum atomic E-state index is -0.492. The Morgan fingerprint density at radius 2 is 0.659 bits per heavy atom. The third-order valence-electron chi connectivity index (χ3n) is 28.7. The zero-order valence-corrected chi connectivity index (χ0v) is 76.5. The maximum Gasteiger partial charge on any atom is 0.0713 e. The first-order chi connectivity index (χ1) is 66.7. The molecule has 4 atom stereocenters. The molecule has 135 heavy (non-hydrogen) atoms. The van der Waals surface area contributed by atoms with E-state index >= 15 is 0 Å². The molecule has 4 heteroatoms. The summed E-state index contributed by atoms with van der Waals surface area (Å²) in [5.74, 6) is 0.718. The molecule has 3 aliphatic rings. The number of thiophene rings is 2. The number of hydrogen-bond donors (Lipinski definition) is 0. The Labute approximate surface area is 796 Å². The van der Waals surface area contributed by atoms with Crippen molar-refractivity contribution in [2.45, 2.75) is 31.2 Å². The van der Waals surface area contributed by atoms with Crippen LogP contribution in [0.1, 0.15) is 58.7 Å². The molecule has 0 radical (unpaired) electrons. The van der Waals surface area contributed by atoms with Crippen molar-refractivity contribution in [3.05, 3.63) is 536 Å². The number of nitrogens with zero attached hydrogens (tertiary/aromatic N) is 2. The monoisotopic (exact) mass is 1760 g/mol. The summed E-state index contributed by atoms with van der Waals surface area (Å²) in [6.07, 6.45) is 14.5. The van der Waals surface area contributed by atoms with Crippen LogP contribution in [0.15, 0.2) is 498 Å². The predicted octanol–water partition coefficient (Wildman–Crippen LogP) is 36.4. The van der Waals surface area contributed by atoms with Crippen molar-refractivity contribution in [1.82, 2.24) is 0 Å². The number of fused-ring (bicyclic) bond motifs is 11. The fourth-order valence-corrected chi connectivity index (χ4v) is 24.3. The SMILES string of the molecule is CC1C=CC(c2ccc(N(c3cccc(-c4ccccc4-c4ccccc4)c3)C3C=CC(c4ccc5c(c4)sc4ccccc45)=CC3C)cc2)=CC1c1ccc2cc(-c3ccc4c(c3)sc3cc(-c5ccc(N(c6ccc(-c7cccc(-c8ccc9ccccc9c8)c7)cc6)c6ccc(-c7cccc8c7-c7ccccc7C8(c7ccccc7)c7ccccc7)cc6)cc5)ccc34)ccc2c1. The van der Waals surface area contributed by atoms with Crippen molar-refractivity contribution >= 4 is 124 Å². The molecule has 0 N–H and O–H groups in total. The van der Waals surface area contributed by atoms with E-state index in [9.17, 15) is 0 Å². The van der Waals surface area contributed by atoms with Crippen LogP contribution in [-0.2, 0) is 5.41 Å². The molecular formula is C131H92N2S2.